The summed E-state index contributed by atoms with van der Waals surface area (Å²) in [6, 6.07) is 14.4. The number of benzene rings is 2. The second kappa shape index (κ2) is 9.90. The topological polar surface area (TPSA) is 68.8 Å². The molecule has 0 saturated carbocycles. The van der Waals surface area contributed by atoms with Gasteiger partial charge in [-0.05, 0) is 29.8 Å². The van der Waals surface area contributed by atoms with Gasteiger partial charge in [-0.3, -0.25) is 14.5 Å². The Morgan fingerprint density at radius 1 is 1.00 bits per heavy atom. The summed E-state index contributed by atoms with van der Waals surface area (Å²) in [6.07, 6.45) is 1.66. The molecule has 0 aliphatic carbocycles. The van der Waals surface area contributed by atoms with Crippen molar-refractivity contribution >= 4 is 28.8 Å². The van der Waals surface area contributed by atoms with Gasteiger partial charge < -0.3 is 15.1 Å². The first-order valence-electron chi connectivity index (χ1n) is 11.4. The van der Waals surface area contributed by atoms with Crippen LogP contribution in [0.5, 0.6) is 0 Å². The highest BCUT2D eigenvalue weighted by molar-refractivity contribution is 7.11. The van der Waals surface area contributed by atoms with Crippen molar-refractivity contribution in [3.05, 3.63) is 82.1 Å². The van der Waals surface area contributed by atoms with Crippen LogP contribution in [0.3, 0.4) is 0 Å². The number of hydrogen-bond donors (Lipinski definition) is 1. The number of nitrogens with zero attached hydrogens (tertiary/aromatic N) is 4. The molecule has 5 rings (SSSR count). The average Bonchev–Trinajstić information content (AvgIpc) is 3.38. The summed E-state index contributed by atoms with van der Waals surface area (Å²) in [5, 5.41) is 5.45. The van der Waals surface area contributed by atoms with E-state index in [1.54, 1.807) is 24.4 Å². The van der Waals surface area contributed by atoms with Gasteiger partial charge in [0.1, 0.15) is 5.82 Å². The number of hydrogen-bond acceptors (Lipinski definition) is 6. The number of halogens is 1. The van der Waals surface area contributed by atoms with Gasteiger partial charge in [-0.2, -0.15) is 0 Å². The molecule has 2 saturated heterocycles. The number of amides is 2. The molecule has 2 amide bonds. The quantitative estimate of drug-likeness (QED) is 0.588. The lowest BCUT2D eigenvalue weighted by Gasteiger charge is -2.48. The van der Waals surface area contributed by atoms with Crippen molar-refractivity contribution in [3.63, 3.8) is 0 Å². The Kier molecular flexibility index (Phi) is 6.55. The van der Waals surface area contributed by atoms with Crippen LogP contribution in [0.1, 0.15) is 25.7 Å². The van der Waals surface area contributed by atoms with Crippen molar-refractivity contribution in [3.8, 4) is 0 Å². The molecule has 7 nitrogen and oxygen atoms in total. The third kappa shape index (κ3) is 4.80. The van der Waals surface area contributed by atoms with Crippen LogP contribution in [-0.4, -0.2) is 76.8 Å². The standard InChI is InChI=1S/C25H26FN5O2S/c26-21-6-1-2-7-22(21)28-15-18-4-3-5-19(14-18)24(32)31-16-20(17-31)29-9-11-30(12-10-29)25(33)23-27-8-13-34-23/h1-8,13-14,20,28H,9-12,15-17H2. The molecule has 1 N–H and O–H groups in total. The molecule has 2 fully saturated rings. The minimum absolute atomic E-state index is 0.00411. The van der Waals surface area contributed by atoms with E-state index < -0.39 is 0 Å². The second-order valence-corrected chi connectivity index (χ2v) is 9.46. The fourth-order valence-corrected chi connectivity index (χ4v) is 5.01. The van der Waals surface area contributed by atoms with Gasteiger partial charge in [0.05, 0.1) is 5.69 Å². The Morgan fingerprint density at radius 3 is 2.53 bits per heavy atom. The SMILES string of the molecule is O=C(c1cccc(CNc2ccccc2F)c1)N1CC(N2CCN(C(=O)c3nccs3)CC2)C1. The summed E-state index contributed by atoms with van der Waals surface area (Å²) in [7, 11) is 0. The van der Waals surface area contributed by atoms with Crippen LogP contribution in [0.4, 0.5) is 10.1 Å². The van der Waals surface area contributed by atoms with Crippen molar-refractivity contribution in [2.24, 2.45) is 0 Å². The average molecular weight is 480 g/mol. The predicted molar refractivity (Wildman–Crippen MR) is 129 cm³/mol. The summed E-state index contributed by atoms with van der Waals surface area (Å²) >= 11 is 1.37. The van der Waals surface area contributed by atoms with Crippen LogP contribution in [0.25, 0.3) is 0 Å². The van der Waals surface area contributed by atoms with E-state index in [0.29, 0.717) is 55.0 Å². The molecule has 2 aromatic carbocycles. The van der Waals surface area contributed by atoms with Crippen molar-refractivity contribution in [2.75, 3.05) is 44.6 Å². The molecule has 9 heteroatoms. The molecule has 3 heterocycles. The third-order valence-corrected chi connectivity index (χ3v) is 7.17. The van der Waals surface area contributed by atoms with Crippen LogP contribution in [0.2, 0.25) is 0 Å². The molecule has 2 aliphatic heterocycles. The zero-order valence-corrected chi connectivity index (χ0v) is 19.5. The Bertz CT molecular complexity index is 1160. The van der Waals surface area contributed by atoms with Crippen molar-refractivity contribution < 1.29 is 14.0 Å². The summed E-state index contributed by atoms with van der Waals surface area (Å²) < 4.78 is 13.8. The van der Waals surface area contributed by atoms with E-state index in [4.69, 9.17) is 0 Å². The number of likely N-dealkylation sites (tertiary alicyclic amines) is 1. The minimum atomic E-state index is -0.297. The Balaban J connectivity index is 1.10. The largest absolute Gasteiger partial charge is 0.379 e. The predicted octanol–water partition coefficient (Wildman–Crippen LogP) is 3.18. The number of nitrogens with one attached hydrogen (secondary N) is 1. The van der Waals surface area contributed by atoms with E-state index in [1.165, 1.54) is 17.4 Å². The number of aromatic nitrogens is 1. The maximum absolute atomic E-state index is 13.8. The van der Waals surface area contributed by atoms with Gasteiger partial charge in [-0.1, -0.05) is 24.3 Å². The van der Waals surface area contributed by atoms with E-state index in [2.05, 4.69) is 15.2 Å². The lowest BCUT2D eigenvalue weighted by atomic mass is 10.0. The van der Waals surface area contributed by atoms with Gasteiger partial charge in [-0.15, -0.1) is 11.3 Å². The Labute approximate surface area is 201 Å². The highest BCUT2D eigenvalue weighted by atomic mass is 32.1. The number of piperazine rings is 1. The molecule has 0 spiro atoms. The minimum Gasteiger partial charge on any atom is -0.379 e. The zero-order valence-electron chi connectivity index (χ0n) is 18.7. The first-order chi connectivity index (χ1) is 16.6. The van der Waals surface area contributed by atoms with Crippen LogP contribution in [0, 0.1) is 5.82 Å². The molecule has 3 aromatic rings. The van der Waals surface area contributed by atoms with Gasteiger partial charge in [0, 0.05) is 69.0 Å². The third-order valence-electron chi connectivity index (χ3n) is 6.41. The maximum atomic E-state index is 13.8. The van der Waals surface area contributed by atoms with Gasteiger partial charge in [-0.25, -0.2) is 9.37 Å². The molecule has 0 unspecified atom stereocenters. The van der Waals surface area contributed by atoms with Crippen LogP contribution in [-0.2, 0) is 6.54 Å². The van der Waals surface area contributed by atoms with Gasteiger partial charge in [0.2, 0.25) is 0 Å². The lowest BCUT2D eigenvalue weighted by Crippen LogP contribution is -2.64. The molecular weight excluding hydrogens is 453 g/mol. The monoisotopic (exact) mass is 479 g/mol. The van der Waals surface area contributed by atoms with Gasteiger partial charge >= 0.3 is 0 Å². The molecular formula is C25H26FN5O2S. The first-order valence-corrected chi connectivity index (χ1v) is 12.3. The molecule has 0 radical (unpaired) electrons. The van der Waals surface area contributed by atoms with E-state index in [-0.39, 0.29) is 17.6 Å². The van der Waals surface area contributed by atoms with E-state index in [9.17, 15) is 14.0 Å². The number of carbonyl (C=O) groups is 2. The fraction of sp³-hybridized carbons (Fsp3) is 0.320. The van der Waals surface area contributed by atoms with E-state index >= 15 is 0 Å². The number of anilines is 1. The fourth-order valence-electron chi connectivity index (χ4n) is 4.41. The summed E-state index contributed by atoms with van der Waals surface area (Å²) in [4.78, 5) is 35.7. The highest BCUT2D eigenvalue weighted by Gasteiger charge is 2.37. The summed E-state index contributed by atoms with van der Waals surface area (Å²) in [6.45, 7) is 4.80. The van der Waals surface area contributed by atoms with Crippen LogP contribution in [0.15, 0.2) is 60.1 Å². The molecule has 1 aromatic heterocycles. The van der Waals surface area contributed by atoms with Crippen molar-refractivity contribution in [1.82, 2.24) is 19.7 Å². The number of para-hydroxylation sites is 1. The second-order valence-electron chi connectivity index (χ2n) is 8.56. The van der Waals surface area contributed by atoms with Gasteiger partial charge in [0.15, 0.2) is 5.01 Å². The molecule has 176 valence electrons. The van der Waals surface area contributed by atoms with E-state index in [1.807, 2.05) is 39.4 Å². The van der Waals surface area contributed by atoms with E-state index in [0.717, 1.165) is 18.7 Å². The molecule has 0 bridgehead atoms. The van der Waals surface area contributed by atoms with Crippen molar-refractivity contribution in [2.45, 2.75) is 12.6 Å². The zero-order chi connectivity index (χ0) is 23.5. The molecule has 34 heavy (non-hydrogen) atoms. The highest BCUT2D eigenvalue weighted by Crippen LogP contribution is 2.21. The number of thiazole rings is 1. The first kappa shape index (κ1) is 22.5. The van der Waals surface area contributed by atoms with Crippen molar-refractivity contribution in [1.29, 1.82) is 0 Å². The normalized spacial score (nSPS) is 16.9. The summed E-state index contributed by atoms with van der Waals surface area (Å²) in [5.74, 6) is -0.277. The van der Waals surface area contributed by atoms with Gasteiger partial charge in [0.25, 0.3) is 11.8 Å². The lowest BCUT2D eigenvalue weighted by molar-refractivity contribution is 0.00852. The molecule has 0 atom stereocenters. The Morgan fingerprint density at radius 2 is 1.79 bits per heavy atom. The smallest absolute Gasteiger partial charge is 0.282 e. The van der Waals surface area contributed by atoms with Crippen LogP contribution >= 0.6 is 11.3 Å². The molecule has 2 aliphatic rings. The Hall–Kier alpha value is -3.30. The van der Waals surface area contributed by atoms with Crippen LogP contribution < -0.4 is 5.32 Å². The number of carbonyl (C=O) groups excluding carboxylic acids is 2. The number of rotatable bonds is 6. The maximum Gasteiger partial charge on any atom is 0.282 e. The summed E-state index contributed by atoms with van der Waals surface area (Å²) in [5.41, 5.74) is 2.01.